The molecule has 1 aromatic rings. The maximum absolute atomic E-state index is 12.5. The van der Waals surface area contributed by atoms with Crippen molar-refractivity contribution >= 4 is 5.78 Å². The molecule has 0 atom stereocenters. The third kappa shape index (κ3) is 3.92. The van der Waals surface area contributed by atoms with Gasteiger partial charge in [0.1, 0.15) is 0 Å². The number of carbonyl (C=O) groups excluding carboxylic acids is 1. The first-order valence-corrected chi connectivity index (χ1v) is 8.17. The summed E-state index contributed by atoms with van der Waals surface area (Å²) in [7, 11) is 0. The molecule has 1 aliphatic heterocycles. The Kier molecular flexibility index (Phi) is 4.41. The minimum absolute atomic E-state index is 0.267. The highest BCUT2D eigenvalue weighted by Gasteiger charge is 2.27. The summed E-state index contributed by atoms with van der Waals surface area (Å²) in [4.78, 5) is 17.3. The highest BCUT2D eigenvalue weighted by Crippen LogP contribution is 2.29. The first kappa shape index (κ1) is 14.7. The Labute approximate surface area is 127 Å². The molecule has 0 aromatic heterocycles. The van der Waals surface area contributed by atoms with Crippen LogP contribution in [0.2, 0.25) is 0 Å². The standard InChI is InChI=1S/C18H26N2O/c1-14-3-6-17(15(2)11-14)18(21)13-20-9-7-19(8-10-20)12-16-4-5-16/h3,6,11,16H,4-5,7-10,12-13H2,1-2H3. The van der Waals surface area contributed by atoms with Gasteiger partial charge in [-0.1, -0.05) is 23.8 Å². The second-order valence-corrected chi connectivity index (χ2v) is 6.76. The minimum atomic E-state index is 0.267. The first-order valence-electron chi connectivity index (χ1n) is 8.17. The number of aryl methyl sites for hydroxylation is 2. The van der Waals surface area contributed by atoms with Gasteiger partial charge in [-0.25, -0.2) is 0 Å². The zero-order valence-corrected chi connectivity index (χ0v) is 13.3. The van der Waals surface area contributed by atoms with Gasteiger partial charge >= 0.3 is 0 Å². The lowest BCUT2D eigenvalue weighted by atomic mass is 10.0. The van der Waals surface area contributed by atoms with Crippen LogP contribution >= 0.6 is 0 Å². The smallest absolute Gasteiger partial charge is 0.177 e. The van der Waals surface area contributed by atoms with Crippen molar-refractivity contribution in [3.05, 3.63) is 34.9 Å². The highest BCUT2D eigenvalue weighted by atomic mass is 16.1. The second-order valence-electron chi connectivity index (χ2n) is 6.76. The van der Waals surface area contributed by atoms with Crippen molar-refractivity contribution in [1.29, 1.82) is 0 Å². The van der Waals surface area contributed by atoms with Crippen molar-refractivity contribution in [1.82, 2.24) is 9.80 Å². The van der Waals surface area contributed by atoms with E-state index >= 15 is 0 Å². The van der Waals surface area contributed by atoms with Crippen LogP contribution in [0, 0.1) is 19.8 Å². The van der Waals surface area contributed by atoms with Gasteiger partial charge in [0.05, 0.1) is 6.54 Å². The average Bonchev–Trinajstić information content (AvgIpc) is 3.25. The van der Waals surface area contributed by atoms with Gasteiger partial charge in [0.15, 0.2) is 5.78 Å². The maximum atomic E-state index is 12.5. The molecule has 3 rings (SSSR count). The summed E-state index contributed by atoms with van der Waals surface area (Å²) in [5.41, 5.74) is 3.21. The first-order chi connectivity index (χ1) is 10.1. The minimum Gasteiger partial charge on any atom is -0.301 e. The summed E-state index contributed by atoms with van der Waals surface area (Å²) in [5, 5.41) is 0. The largest absolute Gasteiger partial charge is 0.301 e. The Balaban J connectivity index is 1.51. The number of Topliss-reactive ketones (excluding diaryl/α,β-unsaturated/α-hetero) is 1. The molecule has 0 unspecified atom stereocenters. The highest BCUT2D eigenvalue weighted by molar-refractivity contribution is 5.98. The SMILES string of the molecule is Cc1ccc(C(=O)CN2CCN(CC3CC3)CC2)c(C)c1. The van der Waals surface area contributed by atoms with Crippen LogP contribution in [0.4, 0.5) is 0 Å². The third-order valence-corrected chi connectivity index (χ3v) is 4.73. The Morgan fingerprint density at radius 1 is 1.10 bits per heavy atom. The van der Waals surface area contributed by atoms with Gasteiger partial charge < -0.3 is 4.90 Å². The fraction of sp³-hybridized carbons (Fsp3) is 0.611. The quantitative estimate of drug-likeness (QED) is 0.777. The third-order valence-electron chi connectivity index (χ3n) is 4.73. The normalized spacial score (nSPS) is 20.7. The monoisotopic (exact) mass is 286 g/mol. The molecular weight excluding hydrogens is 260 g/mol. The molecule has 1 aromatic carbocycles. The molecule has 1 heterocycles. The fourth-order valence-electron chi connectivity index (χ4n) is 3.21. The van der Waals surface area contributed by atoms with Crippen molar-refractivity contribution < 1.29 is 4.79 Å². The van der Waals surface area contributed by atoms with Gasteiger partial charge in [-0.15, -0.1) is 0 Å². The summed E-state index contributed by atoms with van der Waals surface area (Å²) < 4.78 is 0. The molecule has 2 aliphatic rings. The Morgan fingerprint density at radius 3 is 2.38 bits per heavy atom. The molecule has 1 saturated heterocycles. The molecule has 2 fully saturated rings. The summed E-state index contributed by atoms with van der Waals surface area (Å²) in [6.45, 7) is 10.3. The van der Waals surface area contributed by atoms with Crippen LogP contribution in [0.5, 0.6) is 0 Å². The lowest BCUT2D eigenvalue weighted by Crippen LogP contribution is -2.48. The van der Waals surface area contributed by atoms with Gasteiger partial charge in [-0.2, -0.15) is 0 Å². The summed E-state index contributed by atoms with van der Waals surface area (Å²) in [6, 6.07) is 6.12. The van der Waals surface area contributed by atoms with E-state index in [4.69, 9.17) is 0 Å². The molecule has 0 radical (unpaired) electrons. The molecule has 114 valence electrons. The van der Waals surface area contributed by atoms with E-state index in [-0.39, 0.29) is 5.78 Å². The van der Waals surface area contributed by atoms with Crippen LogP contribution < -0.4 is 0 Å². The number of hydrogen-bond acceptors (Lipinski definition) is 3. The van der Waals surface area contributed by atoms with Crippen molar-refractivity contribution in [3.63, 3.8) is 0 Å². The molecule has 1 saturated carbocycles. The van der Waals surface area contributed by atoms with E-state index in [0.717, 1.165) is 43.2 Å². The fourth-order valence-corrected chi connectivity index (χ4v) is 3.21. The van der Waals surface area contributed by atoms with Gasteiger partial charge in [0.25, 0.3) is 0 Å². The Hall–Kier alpha value is -1.19. The van der Waals surface area contributed by atoms with E-state index in [2.05, 4.69) is 22.8 Å². The molecule has 0 spiro atoms. The van der Waals surface area contributed by atoms with Gasteiger partial charge in [0, 0.05) is 38.3 Å². The number of nitrogens with zero attached hydrogens (tertiary/aromatic N) is 2. The number of ketones is 1. The van der Waals surface area contributed by atoms with E-state index in [1.54, 1.807) is 0 Å². The van der Waals surface area contributed by atoms with Crippen molar-refractivity contribution in [3.8, 4) is 0 Å². The van der Waals surface area contributed by atoms with E-state index in [1.165, 1.54) is 24.9 Å². The van der Waals surface area contributed by atoms with Crippen molar-refractivity contribution in [2.45, 2.75) is 26.7 Å². The molecule has 3 heteroatoms. The van der Waals surface area contributed by atoms with Crippen LogP contribution in [-0.4, -0.2) is 54.9 Å². The summed E-state index contributed by atoms with van der Waals surface area (Å²) in [6.07, 6.45) is 2.84. The molecule has 21 heavy (non-hydrogen) atoms. The maximum Gasteiger partial charge on any atom is 0.177 e. The van der Waals surface area contributed by atoms with Crippen LogP contribution in [0.15, 0.2) is 18.2 Å². The molecule has 0 amide bonds. The van der Waals surface area contributed by atoms with Gasteiger partial charge in [-0.05, 0) is 38.2 Å². The van der Waals surface area contributed by atoms with E-state index < -0.39 is 0 Å². The van der Waals surface area contributed by atoms with Crippen LogP contribution in [-0.2, 0) is 0 Å². The van der Waals surface area contributed by atoms with Gasteiger partial charge in [0.2, 0.25) is 0 Å². The number of carbonyl (C=O) groups is 1. The zero-order chi connectivity index (χ0) is 14.8. The van der Waals surface area contributed by atoms with Crippen LogP contribution in [0.1, 0.15) is 34.3 Å². The Bertz CT molecular complexity index is 514. The average molecular weight is 286 g/mol. The zero-order valence-electron chi connectivity index (χ0n) is 13.3. The van der Waals surface area contributed by atoms with Crippen LogP contribution in [0.3, 0.4) is 0 Å². The van der Waals surface area contributed by atoms with Gasteiger partial charge in [-0.3, -0.25) is 9.69 Å². The summed E-state index contributed by atoms with van der Waals surface area (Å²) >= 11 is 0. The van der Waals surface area contributed by atoms with E-state index in [9.17, 15) is 4.79 Å². The van der Waals surface area contributed by atoms with Crippen molar-refractivity contribution in [2.75, 3.05) is 39.3 Å². The Morgan fingerprint density at radius 2 is 1.76 bits per heavy atom. The number of piperazine rings is 1. The predicted molar refractivity (Wildman–Crippen MR) is 85.9 cm³/mol. The molecule has 1 aliphatic carbocycles. The number of rotatable bonds is 5. The molecule has 0 N–H and O–H groups in total. The number of hydrogen-bond donors (Lipinski definition) is 0. The van der Waals surface area contributed by atoms with E-state index in [0.29, 0.717) is 6.54 Å². The lowest BCUT2D eigenvalue weighted by Gasteiger charge is -2.34. The van der Waals surface area contributed by atoms with Crippen molar-refractivity contribution in [2.24, 2.45) is 5.92 Å². The molecule has 0 bridgehead atoms. The summed E-state index contributed by atoms with van der Waals surface area (Å²) in [5.74, 6) is 1.23. The lowest BCUT2D eigenvalue weighted by molar-refractivity contribution is 0.0846. The van der Waals surface area contributed by atoms with Crippen LogP contribution in [0.25, 0.3) is 0 Å². The molecule has 3 nitrogen and oxygen atoms in total. The number of benzene rings is 1. The predicted octanol–water partition coefficient (Wildman–Crippen LogP) is 2.51. The molecular formula is C18H26N2O. The topological polar surface area (TPSA) is 23.6 Å². The second kappa shape index (κ2) is 6.29. The van der Waals surface area contributed by atoms with E-state index in [1.807, 2.05) is 19.1 Å².